The van der Waals surface area contributed by atoms with Gasteiger partial charge in [-0.05, 0) is 6.07 Å². The Balaban J connectivity index is 0.00000110. The van der Waals surface area contributed by atoms with Crippen LogP contribution in [0.25, 0.3) is 17.0 Å². The second kappa shape index (κ2) is 7.65. The van der Waals surface area contributed by atoms with Crippen molar-refractivity contribution in [3.8, 4) is 17.5 Å². The Hall–Kier alpha value is -1.28. The van der Waals surface area contributed by atoms with Crippen LogP contribution in [0.3, 0.4) is 0 Å². The van der Waals surface area contributed by atoms with Crippen LogP contribution in [0.5, 0.6) is 0 Å². The summed E-state index contributed by atoms with van der Waals surface area (Å²) in [5.74, 6) is 0.898. The molecule has 0 aliphatic carbocycles. The number of hydrogen-bond donors (Lipinski definition) is 0. The summed E-state index contributed by atoms with van der Waals surface area (Å²) in [6, 6.07) is 12.0. The molecule has 0 aliphatic heterocycles. The van der Waals surface area contributed by atoms with E-state index >= 15 is 0 Å². The summed E-state index contributed by atoms with van der Waals surface area (Å²) in [6.07, 6.45) is 5.71. The molecule has 0 atom stereocenters. The first kappa shape index (κ1) is 17.8. The molecule has 0 fully saturated rings. The second-order valence-electron chi connectivity index (χ2n) is 4.30. The van der Waals surface area contributed by atoms with Gasteiger partial charge in [-0.15, -0.1) is 0 Å². The minimum atomic E-state index is 0. The largest absolute Gasteiger partial charge is 1.00 e. The number of rotatable bonds is 2. The van der Waals surface area contributed by atoms with Crippen LogP contribution in [0.4, 0.5) is 0 Å². The molecule has 0 N–H and O–H groups in total. The monoisotopic (exact) mass is 505 g/mol. The molecule has 3 rings (SSSR count). The summed E-state index contributed by atoms with van der Waals surface area (Å²) in [5, 5.41) is 13.2. The van der Waals surface area contributed by atoms with Gasteiger partial charge in [-0.25, -0.2) is 4.57 Å². The van der Waals surface area contributed by atoms with E-state index < -0.39 is 0 Å². The highest BCUT2D eigenvalue weighted by atomic mass is 127. The van der Waals surface area contributed by atoms with Crippen LogP contribution in [-0.4, -0.2) is 9.61 Å². The fourth-order valence-corrected chi connectivity index (χ4v) is 2.10. The molecule has 0 saturated carbocycles. The topological polar surface area (TPSA) is 48.8 Å². The fraction of sp³-hybridized carbons (Fsp3) is 0.143. The number of pyridine rings is 2. The maximum Gasteiger partial charge on any atom is 0.310 e. The van der Waals surface area contributed by atoms with Gasteiger partial charge in [0.25, 0.3) is 5.65 Å². The highest BCUT2D eigenvalue weighted by molar-refractivity contribution is 5.51. The molecule has 0 bridgehead atoms. The third-order valence-electron chi connectivity index (χ3n) is 3.08. The normalized spacial score (nSPS) is 9.52. The lowest BCUT2D eigenvalue weighted by atomic mass is 10.2. The molecule has 0 amide bonds. The van der Waals surface area contributed by atoms with Gasteiger partial charge in [-0.2, -0.15) is 9.83 Å². The number of fused-ring (bicyclic) bond motifs is 1. The lowest BCUT2D eigenvalue weighted by molar-refractivity contribution is -0.685. The highest BCUT2D eigenvalue weighted by Gasteiger charge is 2.19. The van der Waals surface area contributed by atoms with Gasteiger partial charge in [0.05, 0.1) is 17.7 Å². The van der Waals surface area contributed by atoms with Crippen LogP contribution in [0.2, 0.25) is 0 Å². The number of hydrogen-bond acceptors (Lipinski definition) is 2. The molecule has 0 aliphatic rings. The van der Waals surface area contributed by atoms with Gasteiger partial charge in [0.1, 0.15) is 12.3 Å². The molecule has 3 heterocycles. The Bertz CT molecular complexity index is 774. The first-order valence-electron chi connectivity index (χ1n) is 5.99. The van der Waals surface area contributed by atoms with Crippen LogP contribution in [0, 0.1) is 11.3 Å². The van der Waals surface area contributed by atoms with Crippen molar-refractivity contribution in [1.29, 1.82) is 5.26 Å². The third kappa shape index (κ3) is 3.49. The first-order chi connectivity index (χ1) is 9.29. The van der Waals surface area contributed by atoms with Crippen LogP contribution >= 0.6 is 0 Å². The summed E-state index contributed by atoms with van der Waals surface area (Å²) < 4.78 is 5.73. The minimum Gasteiger partial charge on any atom is -1.00 e. The van der Waals surface area contributed by atoms with Gasteiger partial charge in [0.15, 0.2) is 12.4 Å². The van der Waals surface area contributed by atoms with Gasteiger partial charge in [-0.3, -0.25) is 0 Å². The molecule has 0 radical (unpaired) electrons. The Kier molecular flexibility index (Phi) is 6.47. The number of nitriles is 1. The average Bonchev–Trinajstić information content (AvgIpc) is 2.78. The van der Waals surface area contributed by atoms with Crippen molar-refractivity contribution >= 4 is 5.65 Å². The first-order valence-corrected chi connectivity index (χ1v) is 5.99. The van der Waals surface area contributed by atoms with E-state index in [9.17, 15) is 0 Å². The SMILES string of the molecule is C[n+]1c(-c2cc[n+](CC#N)cc2)nn2ccccc21.[I-].[I-]. The Morgan fingerprint density at radius 2 is 1.90 bits per heavy atom. The van der Waals surface area contributed by atoms with Gasteiger partial charge < -0.3 is 48.0 Å². The smallest absolute Gasteiger partial charge is 0.310 e. The van der Waals surface area contributed by atoms with Crippen LogP contribution in [0.1, 0.15) is 0 Å². The van der Waals surface area contributed by atoms with Crippen LogP contribution < -0.4 is 57.1 Å². The van der Waals surface area contributed by atoms with E-state index in [0.29, 0.717) is 6.54 Å². The minimum absolute atomic E-state index is 0. The van der Waals surface area contributed by atoms with Gasteiger partial charge in [-0.1, -0.05) is 10.6 Å². The summed E-state index contributed by atoms with van der Waals surface area (Å²) in [6.45, 7) is 0.359. The van der Waals surface area contributed by atoms with Crippen molar-refractivity contribution < 1.29 is 57.1 Å². The molecule has 0 saturated heterocycles. The molecule has 108 valence electrons. The Morgan fingerprint density at radius 1 is 1.19 bits per heavy atom. The zero-order valence-corrected chi connectivity index (χ0v) is 15.6. The molecule has 0 aromatic carbocycles. The Labute approximate surface area is 156 Å². The van der Waals surface area contributed by atoms with Gasteiger partial charge in [0.2, 0.25) is 6.54 Å². The van der Waals surface area contributed by atoms with Crippen molar-refractivity contribution in [2.24, 2.45) is 7.05 Å². The summed E-state index contributed by atoms with van der Waals surface area (Å²) in [4.78, 5) is 0. The van der Waals surface area contributed by atoms with E-state index in [1.54, 1.807) is 0 Å². The van der Waals surface area contributed by atoms with Gasteiger partial charge >= 0.3 is 5.82 Å². The van der Waals surface area contributed by atoms with Crippen molar-refractivity contribution in [3.05, 3.63) is 48.9 Å². The zero-order chi connectivity index (χ0) is 13.2. The standard InChI is InChI=1S/C14H13N5.2HI/c1-17-13-4-2-3-8-19(13)16-14(17)12-5-9-18(10-6-12)11-7-15;;/h2-6,8-10H,11H2,1H3;2*1H/q+2;;/p-2. The molecule has 3 aromatic rings. The van der Waals surface area contributed by atoms with Crippen molar-refractivity contribution in [2.75, 3.05) is 0 Å². The van der Waals surface area contributed by atoms with Crippen molar-refractivity contribution in [3.63, 3.8) is 0 Å². The van der Waals surface area contributed by atoms with E-state index in [-0.39, 0.29) is 48.0 Å². The van der Waals surface area contributed by atoms with E-state index in [1.165, 1.54) is 0 Å². The van der Waals surface area contributed by atoms with Gasteiger partial charge in [0, 0.05) is 18.2 Å². The Morgan fingerprint density at radius 3 is 2.52 bits per heavy atom. The van der Waals surface area contributed by atoms with Crippen molar-refractivity contribution in [1.82, 2.24) is 9.61 Å². The predicted octanol–water partition coefficient (Wildman–Crippen LogP) is -5.36. The molecular weight excluding hydrogens is 492 g/mol. The van der Waals surface area contributed by atoms with E-state index in [0.717, 1.165) is 17.0 Å². The number of aryl methyl sites for hydroxylation is 1. The van der Waals surface area contributed by atoms with Crippen molar-refractivity contribution in [2.45, 2.75) is 6.54 Å². The number of nitrogens with zero attached hydrogens (tertiary/aromatic N) is 5. The number of aromatic nitrogens is 4. The quantitative estimate of drug-likeness (QED) is 0.258. The lowest BCUT2D eigenvalue weighted by Gasteiger charge is -1.93. The maximum absolute atomic E-state index is 8.65. The fourth-order valence-electron chi connectivity index (χ4n) is 2.10. The predicted molar refractivity (Wildman–Crippen MR) is 67.6 cm³/mol. The van der Waals surface area contributed by atoms with Crippen LogP contribution in [0.15, 0.2) is 48.9 Å². The van der Waals surface area contributed by atoms with E-state index in [2.05, 4.69) is 11.2 Å². The molecule has 7 heteroatoms. The van der Waals surface area contributed by atoms with E-state index in [1.807, 2.05) is 69.6 Å². The zero-order valence-electron chi connectivity index (χ0n) is 11.3. The molecule has 0 unspecified atom stereocenters. The average molecular weight is 505 g/mol. The second-order valence-corrected chi connectivity index (χ2v) is 4.30. The molecule has 3 aromatic heterocycles. The summed E-state index contributed by atoms with van der Waals surface area (Å²) >= 11 is 0. The lowest BCUT2D eigenvalue weighted by Crippen LogP contribution is -3.00. The molecule has 5 nitrogen and oxygen atoms in total. The number of halogens is 2. The maximum atomic E-state index is 8.65. The summed E-state index contributed by atoms with van der Waals surface area (Å²) in [5.41, 5.74) is 2.06. The molecule has 0 spiro atoms. The van der Waals surface area contributed by atoms with Crippen LogP contribution in [-0.2, 0) is 13.6 Å². The third-order valence-corrected chi connectivity index (χ3v) is 3.08. The molecular formula is C14H13I2N5. The highest BCUT2D eigenvalue weighted by Crippen LogP contribution is 2.12. The van der Waals surface area contributed by atoms with E-state index in [4.69, 9.17) is 5.26 Å². The molecule has 21 heavy (non-hydrogen) atoms. The summed E-state index contributed by atoms with van der Waals surface area (Å²) in [7, 11) is 1.99.